The molecule has 1 aromatic heterocycles. The molecule has 0 bridgehead atoms. The third-order valence-corrected chi connectivity index (χ3v) is 3.17. The number of hydrogen-bond donors (Lipinski definition) is 1. The van der Waals surface area contributed by atoms with Gasteiger partial charge < -0.3 is 10.6 Å². The van der Waals surface area contributed by atoms with Crippen LogP contribution in [0.2, 0.25) is 0 Å². The number of aryl methyl sites for hydroxylation is 1. The van der Waals surface area contributed by atoms with Crippen LogP contribution in [0.5, 0.6) is 0 Å². The predicted molar refractivity (Wildman–Crippen MR) is 75.6 cm³/mol. The Kier molecular flexibility index (Phi) is 3.95. The number of rotatable bonds is 4. The summed E-state index contributed by atoms with van der Waals surface area (Å²) in [5, 5.41) is 0. The number of nitrogens with two attached hydrogens (primary N) is 1. The first-order valence-electron chi connectivity index (χ1n) is 6.13. The van der Waals surface area contributed by atoms with E-state index in [4.69, 9.17) is 5.73 Å². The molecule has 3 nitrogen and oxygen atoms in total. The van der Waals surface area contributed by atoms with E-state index in [0.29, 0.717) is 6.54 Å². The average molecular weight is 241 g/mol. The SMILES string of the molecule is Cc1ccc(C(CN)N(C)c2ccccc2)cn1. The van der Waals surface area contributed by atoms with Crippen molar-refractivity contribution >= 4 is 5.69 Å². The second kappa shape index (κ2) is 5.65. The zero-order valence-electron chi connectivity index (χ0n) is 10.9. The van der Waals surface area contributed by atoms with Gasteiger partial charge in [-0.2, -0.15) is 0 Å². The highest BCUT2D eigenvalue weighted by molar-refractivity contribution is 5.47. The number of aromatic nitrogens is 1. The maximum absolute atomic E-state index is 5.91. The molecule has 2 rings (SSSR count). The van der Waals surface area contributed by atoms with Gasteiger partial charge in [-0.05, 0) is 30.7 Å². The third kappa shape index (κ3) is 2.68. The molecule has 0 amide bonds. The van der Waals surface area contributed by atoms with Crippen LogP contribution in [-0.2, 0) is 0 Å². The Morgan fingerprint density at radius 3 is 2.44 bits per heavy atom. The van der Waals surface area contributed by atoms with Crippen LogP contribution in [0.4, 0.5) is 5.69 Å². The topological polar surface area (TPSA) is 42.1 Å². The fourth-order valence-corrected chi connectivity index (χ4v) is 2.04. The second-order valence-electron chi connectivity index (χ2n) is 4.43. The van der Waals surface area contributed by atoms with Gasteiger partial charge in [0.15, 0.2) is 0 Å². The highest BCUT2D eigenvalue weighted by atomic mass is 15.1. The van der Waals surface area contributed by atoms with E-state index < -0.39 is 0 Å². The number of para-hydroxylation sites is 1. The molecule has 1 heterocycles. The van der Waals surface area contributed by atoms with Crippen molar-refractivity contribution in [3.05, 3.63) is 59.9 Å². The molecule has 0 fully saturated rings. The van der Waals surface area contributed by atoms with Gasteiger partial charge in [-0.1, -0.05) is 24.3 Å². The first kappa shape index (κ1) is 12.6. The summed E-state index contributed by atoms with van der Waals surface area (Å²) in [5.74, 6) is 0. The van der Waals surface area contributed by atoms with Crippen LogP contribution in [0, 0.1) is 6.92 Å². The van der Waals surface area contributed by atoms with Gasteiger partial charge in [0.25, 0.3) is 0 Å². The van der Waals surface area contributed by atoms with Gasteiger partial charge in [-0.3, -0.25) is 4.98 Å². The Balaban J connectivity index is 2.26. The number of hydrogen-bond acceptors (Lipinski definition) is 3. The predicted octanol–water partition coefficient (Wildman–Crippen LogP) is 2.53. The fourth-order valence-electron chi connectivity index (χ4n) is 2.04. The largest absolute Gasteiger partial charge is 0.366 e. The van der Waals surface area contributed by atoms with Crippen LogP contribution in [-0.4, -0.2) is 18.6 Å². The second-order valence-corrected chi connectivity index (χ2v) is 4.43. The first-order chi connectivity index (χ1) is 8.72. The molecule has 2 aromatic rings. The lowest BCUT2D eigenvalue weighted by atomic mass is 10.1. The smallest absolute Gasteiger partial charge is 0.0676 e. The molecule has 1 unspecified atom stereocenters. The summed E-state index contributed by atoms with van der Waals surface area (Å²) in [6.45, 7) is 2.55. The van der Waals surface area contributed by atoms with Crippen LogP contribution in [0.15, 0.2) is 48.7 Å². The minimum atomic E-state index is 0.153. The third-order valence-electron chi connectivity index (χ3n) is 3.17. The van der Waals surface area contributed by atoms with Crippen molar-refractivity contribution in [3.8, 4) is 0 Å². The van der Waals surface area contributed by atoms with Gasteiger partial charge >= 0.3 is 0 Å². The maximum Gasteiger partial charge on any atom is 0.0676 e. The van der Waals surface area contributed by atoms with Crippen molar-refractivity contribution in [1.82, 2.24) is 4.98 Å². The van der Waals surface area contributed by atoms with E-state index in [0.717, 1.165) is 16.9 Å². The standard InChI is InChI=1S/C15H19N3/c1-12-8-9-13(11-17-12)15(10-16)18(2)14-6-4-3-5-7-14/h3-9,11,15H,10,16H2,1-2H3. The molecule has 18 heavy (non-hydrogen) atoms. The molecule has 0 saturated heterocycles. The Labute approximate surface area is 108 Å². The minimum absolute atomic E-state index is 0.153. The number of anilines is 1. The summed E-state index contributed by atoms with van der Waals surface area (Å²) in [6.07, 6.45) is 1.91. The number of nitrogens with zero attached hydrogens (tertiary/aromatic N) is 2. The highest BCUT2D eigenvalue weighted by Crippen LogP contribution is 2.24. The number of pyridine rings is 1. The zero-order valence-corrected chi connectivity index (χ0v) is 10.9. The van der Waals surface area contributed by atoms with Crippen LogP contribution in [0.25, 0.3) is 0 Å². The van der Waals surface area contributed by atoms with E-state index in [1.54, 1.807) is 0 Å². The van der Waals surface area contributed by atoms with Gasteiger partial charge in [0.2, 0.25) is 0 Å². The summed E-state index contributed by atoms with van der Waals surface area (Å²) in [7, 11) is 2.06. The lowest BCUT2D eigenvalue weighted by molar-refractivity contribution is 0.677. The summed E-state index contributed by atoms with van der Waals surface area (Å²) < 4.78 is 0. The van der Waals surface area contributed by atoms with Crippen molar-refractivity contribution in [2.45, 2.75) is 13.0 Å². The maximum atomic E-state index is 5.91. The Hall–Kier alpha value is -1.87. The van der Waals surface area contributed by atoms with Crippen molar-refractivity contribution < 1.29 is 0 Å². The molecule has 0 aliphatic heterocycles. The molecule has 1 atom stereocenters. The van der Waals surface area contributed by atoms with Crippen molar-refractivity contribution in [1.29, 1.82) is 0 Å². The van der Waals surface area contributed by atoms with E-state index in [2.05, 4.69) is 35.1 Å². The van der Waals surface area contributed by atoms with Crippen LogP contribution < -0.4 is 10.6 Å². The van der Waals surface area contributed by atoms with E-state index in [1.165, 1.54) is 0 Å². The molecule has 0 radical (unpaired) electrons. The van der Waals surface area contributed by atoms with E-state index in [-0.39, 0.29) is 6.04 Å². The van der Waals surface area contributed by atoms with E-state index >= 15 is 0 Å². The van der Waals surface area contributed by atoms with Gasteiger partial charge in [0.05, 0.1) is 6.04 Å². The van der Waals surface area contributed by atoms with Crippen molar-refractivity contribution in [2.24, 2.45) is 5.73 Å². The molecular weight excluding hydrogens is 222 g/mol. The lowest BCUT2D eigenvalue weighted by Gasteiger charge is -2.29. The van der Waals surface area contributed by atoms with Gasteiger partial charge in [-0.25, -0.2) is 0 Å². The van der Waals surface area contributed by atoms with Crippen LogP contribution in [0.1, 0.15) is 17.3 Å². The van der Waals surface area contributed by atoms with E-state index in [1.807, 2.05) is 37.4 Å². The molecule has 3 heteroatoms. The highest BCUT2D eigenvalue weighted by Gasteiger charge is 2.15. The van der Waals surface area contributed by atoms with Gasteiger partial charge in [0, 0.05) is 31.2 Å². The van der Waals surface area contributed by atoms with Crippen molar-refractivity contribution in [2.75, 3.05) is 18.5 Å². The molecule has 94 valence electrons. The van der Waals surface area contributed by atoms with E-state index in [9.17, 15) is 0 Å². The Morgan fingerprint density at radius 2 is 1.89 bits per heavy atom. The quantitative estimate of drug-likeness (QED) is 0.894. The van der Waals surface area contributed by atoms with Crippen LogP contribution >= 0.6 is 0 Å². The summed E-state index contributed by atoms with van der Waals surface area (Å²) in [4.78, 5) is 6.53. The number of likely N-dealkylation sites (N-methyl/N-ethyl adjacent to an activating group) is 1. The average Bonchev–Trinajstić information content (AvgIpc) is 2.42. The molecule has 1 aromatic carbocycles. The molecule has 0 aliphatic carbocycles. The van der Waals surface area contributed by atoms with Gasteiger partial charge in [0.1, 0.15) is 0 Å². The monoisotopic (exact) mass is 241 g/mol. The molecule has 0 aliphatic rings. The van der Waals surface area contributed by atoms with Crippen molar-refractivity contribution in [3.63, 3.8) is 0 Å². The molecule has 2 N–H and O–H groups in total. The molecule has 0 spiro atoms. The summed E-state index contributed by atoms with van der Waals surface area (Å²) in [6, 6.07) is 14.5. The minimum Gasteiger partial charge on any atom is -0.366 e. The Morgan fingerprint density at radius 1 is 1.17 bits per heavy atom. The lowest BCUT2D eigenvalue weighted by Crippen LogP contribution is -2.30. The molecular formula is C15H19N3. The summed E-state index contributed by atoms with van der Waals surface area (Å²) in [5.41, 5.74) is 9.24. The fraction of sp³-hybridized carbons (Fsp3) is 0.267. The summed E-state index contributed by atoms with van der Waals surface area (Å²) >= 11 is 0. The Bertz CT molecular complexity index is 479. The van der Waals surface area contributed by atoms with Crippen LogP contribution in [0.3, 0.4) is 0 Å². The zero-order chi connectivity index (χ0) is 13.0. The normalized spacial score (nSPS) is 12.2. The molecule has 0 saturated carbocycles. The first-order valence-corrected chi connectivity index (χ1v) is 6.13. The van der Waals surface area contributed by atoms with Gasteiger partial charge in [-0.15, -0.1) is 0 Å². The number of benzene rings is 1.